The van der Waals surface area contributed by atoms with Crippen LogP contribution in [0.15, 0.2) is 12.1 Å². The van der Waals surface area contributed by atoms with Crippen molar-refractivity contribution in [3.8, 4) is 5.75 Å². The van der Waals surface area contributed by atoms with Gasteiger partial charge in [-0.1, -0.05) is 18.0 Å². The molecule has 4 heteroatoms. The summed E-state index contributed by atoms with van der Waals surface area (Å²) >= 11 is 6.13. The molecule has 0 aliphatic carbocycles. The van der Waals surface area contributed by atoms with Gasteiger partial charge in [-0.2, -0.15) is 0 Å². The summed E-state index contributed by atoms with van der Waals surface area (Å²) in [6.45, 7) is 7.15. The molecule has 0 saturated carbocycles. The number of rotatable bonds is 5. The van der Waals surface area contributed by atoms with Crippen LogP contribution in [0, 0.1) is 13.8 Å². The Hall–Kier alpha value is -0.770. The van der Waals surface area contributed by atoms with Crippen LogP contribution < -0.4 is 4.74 Å². The van der Waals surface area contributed by atoms with E-state index >= 15 is 0 Å². The summed E-state index contributed by atoms with van der Waals surface area (Å²) in [6, 6.07) is 3.84. The topological polar surface area (TPSA) is 32.7 Å². The van der Waals surface area contributed by atoms with E-state index in [1.165, 1.54) is 19.3 Å². The Labute approximate surface area is 126 Å². The van der Waals surface area contributed by atoms with Crippen molar-refractivity contribution < 1.29 is 9.84 Å². The molecule has 1 fully saturated rings. The van der Waals surface area contributed by atoms with Crippen molar-refractivity contribution in [2.75, 3.05) is 26.2 Å². The second kappa shape index (κ2) is 7.30. The second-order valence-electron chi connectivity index (χ2n) is 5.70. The number of hydrogen-bond donors (Lipinski definition) is 1. The minimum atomic E-state index is -0.440. The number of aliphatic hydroxyl groups is 1. The molecule has 0 amide bonds. The van der Waals surface area contributed by atoms with Crippen LogP contribution in [-0.4, -0.2) is 42.4 Å². The lowest BCUT2D eigenvalue weighted by Crippen LogP contribution is -2.38. The first-order valence-corrected chi connectivity index (χ1v) is 7.74. The van der Waals surface area contributed by atoms with Crippen molar-refractivity contribution in [1.29, 1.82) is 0 Å². The number of halogens is 1. The van der Waals surface area contributed by atoms with Gasteiger partial charge < -0.3 is 14.7 Å². The zero-order chi connectivity index (χ0) is 14.5. The van der Waals surface area contributed by atoms with Crippen molar-refractivity contribution in [2.24, 2.45) is 0 Å². The summed E-state index contributed by atoms with van der Waals surface area (Å²) in [5, 5.41) is 10.8. The van der Waals surface area contributed by atoms with E-state index in [0.717, 1.165) is 35.0 Å². The van der Waals surface area contributed by atoms with Gasteiger partial charge in [0.25, 0.3) is 0 Å². The van der Waals surface area contributed by atoms with Crippen molar-refractivity contribution in [2.45, 2.75) is 39.2 Å². The van der Waals surface area contributed by atoms with Crippen LogP contribution in [0.1, 0.15) is 30.4 Å². The Morgan fingerprint density at radius 3 is 2.40 bits per heavy atom. The molecular formula is C16H24ClNO2. The molecule has 1 aliphatic heterocycles. The van der Waals surface area contributed by atoms with Gasteiger partial charge in [-0.15, -0.1) is 0 Å². The smallest absolute Gasteiger partial charge is 0.120 e. The highest BCUT2D eigenvalue weighted by molar-refractivity contribution is 6.32. The third-order valence-corrected chi connectivity index (χ3v) is 4.37. The molecule has 1 aliphatic rings. The molecule has 1 aromatic rings. The molecular weight excluding hydrogens is 274 g/mol. The summed E-state index contributed by atoms with van der Waals surface area (Å²) in [6.07, 6.45) is 3.35. The van der Waals surface area contributed by atoms with E-state index in [-0.39, 0.29) is 0 Å². The van der Waals surface area contributed by atoms with E-state index < -0.39 is 6.10 Å². The van der Waals surface area contributed by atoms with E-state index in [9.17, 15) is 5.11 Å². The molecule has 0 spiro atoms. The molecule has 0 bridgehead atoms. The van der Waals surface area contributed by atoms with Gasteiger partial charge in [-0.05, 0) is 63.0 Å². The molecule has 112 valence electrons. The van der Waals surface area contributed by atoms with Crippen molar-refractivity contribution in [3.63, 3.8) is 0 Å². The lowest BCUT2D eigenvalue weighted by atomic mass is 10.1. The van der Waals surface area contributed by atoms with Gasteiger partial charge in [-0.3, -0.25) is 0 Å². The van der Waals surface area contributed by atoms with Crippen LogP contribution in [0.25, 0.3) is 0 Å². The minimum Gasteiger partial charge on any atom is -0.491 e. The number of aliphatic hydroxyl groups excluding tert-OH is 1. The fourth-order valence-electron chi connectivity index (χ4n) is 2.67. The number of nitrogens with zero attached hydrogens (tertiary/aromatic N) is 1. The van der Waals surface area contributed by atoms with Crippen molar-refractivity contribution >= 4 is 11.6 Å². The Balaban J connectivity index is 1.82. The van der Waals surface area contributed by atoms with Crippen LogP contribution in [0.4, 0.5) is 0 Å². The summed E-state index contributed by atoms with van der Waals surface area (Å²) in [4.78, 5) is 2.32. The van der Waals surface area contributed by atoms with Crippen molar-refractivity contribution in [1.82, 2.24) is 4.90 Å². The van der Waals surface area contributed by atoms with Crippen LogP contribution in [0.2, 0.25) is 5.02 Å². The van der Waals surface area contributed by atoms with Gasteiger partial charge in [0.2, 0.25) is 0 Å². The molecule has 0 unspecified atom stereocenters. The molecule has 0 aromatic heterocycles. The number of β-amino-alcohol motifs (C(OH)–C–C–N with tert-alkyl or cyclic N) is 1. The molecule has 1 saturated heterocycles. The van der Waals surface area contributed by atoms with E-state index in [1.807, 2.05) is 26.0 Å². The SMILES string of the molecule is Cc1cc(OC[C@@H](O)CN2CCCCC2)cc(C)c1Cl. The zero-order valence-corrected chi connectivity index (χ0v) is 13.1. The van der Waals surface area contributed by atoms with E-state index in [1.54, 1.807) is 0 Å². The summed E-state index contributed by atoms with van der Waals surface area (Å²) in [5.41, 5.74) is 2.01. The van der Waals surface area contributed by atoms with Gasteiger partial charge in [-0.25, -0.2) is 0 Å². The average molecular weight is 298 g/mol. The summed E-state index contributed by atoms with van der Waals surface area (Å²) < 4.78 is 5.69. The minimum absolute atomic E-state index is 0.330. The molecule has 1 atom stereocenters. The quantitative estimate of drug-likeness (QED) is 0.906. The largest absolute Gasteiger partial charge is 0.491 e. The fraction of sp³-hybridized carbons (Fsp3) is 0.625. The highest BCUT2D eigenvalue weighted by Gasteiger charge is 2.15. The van der Waals surface area contributed by atoms with Crippen LogP contribution >= 0.6 is 11.6 Å². The standard InChI is InChI=1S/C16H24ClNO2/c1-12-8-15(9-13(2)16(12)17)20-11-14(19)10-18-6-4-3-5-7-18/h8-9,14,19H,3-7,10-11H2,1-2H3/t14-/m0/s1. The van der Waals surface area contributed by atoms with Crippen LogP contribution in [-0.2, 0) is 0 Å². The number of piperidine rings is 1. The van der Waals surface area contributed by atoms with Gasteiger partial charge >= 0.3 is 0 Å². The van der Waals surface area contributed by atoms with Gasteiger partial charge in [0.15, 0.2) is 0 Å². The highest BCUT2D eigenvalue weighted by atomic mass is 35.5. The zero-order valence-electron chi connectivity index (χ0n) is 12.4. The molecule has 0 radical (unpaired) electrons. The maximum absolute atomic E-state index is 10.1. The first kappa shape index (κ1) is 15.6. The molecule has 20 heavy (non-hydrogen) atoms. The number of ether oxygens (including phenoxy) is 1. The third kappa shape index (κ3) is 4.37. The Morgan fingerprint density at radius 2 is 1.80 bits per heavy atom. The number of benzene rings is 1. The van der Waals surface area contributed by atoms with Crippen LogP contribution in [0.5, 0.6) is 5.75 Å². The summed E-state index contributed by atoms with van der Waals surface area (Å²) in [7, 11) is 0. The molecule has 1 heterocycles. The Morgan fingerprint density at radius 1 is 1.20 bits per heavy atom. The first-order valence-electron chi connectivity index (χ1n) is 7.36. The molecule has 2 rings (SSSR count). The van der Waals surface area contributed by atoms with Gasteiger partial charge in [0.1, 0.15) is 18.5 Å². The van der Waals surface area contributed by atoms with E-state index in [2.05, 4.69) is 4.90 Å². The van der Waals surface area contributed by atoms with Gasteiger partial charge in [0.05, 0.1) is 0 Å². The summed E-state index contributed by atoms with van der Waals surface area (Å²) in [5.74, 6) is 0.780. The Kier molecular flexibility index (Phi) is 5.70. The monoisotopic (exact) mass is 297 g/mol. The maximum Gasteiger partial charge on any atom is 0.120 e. The van der Waals surface area contributed by atoms with E-state index in [0.29, 0.717) is 13.2 Å². The molecule has 3 nitrogen and oxygen atoms in total. The Bertz CT molecular complexity index is 421. The molecule has 1 N–H and O–H groups in total. The molecule has 1 aromatic carbocycles. The predicted molar refractivity (Wildman–Crippen MR) is 82.7 cm³/mol. The second-order valence-corrected chi connectivity index (χ2v) is 6.08. The predicted octanol–water partition coefficient (Wildman–Crippen LogP) is 3.18. The van der Waals surface area contributed by atoms with E-state index in [4.69, 9.17) is 16.3 Å². The van der Waals surface area contributed by atoms with Crippen LogP contribution in [0.3, 0.4) is 0 Å². The first-order chi connectivity index (χ1) is 9.56. The lowest BCUT2D eigenvalue weighted by Gasteiger charge is -2.28. The maximum atomic E-state index is 10.1. The lowest BCUT2D eigenvalue weighted by molar-refractivity contribution is 0.0617. The number of hydrogen-bond acceptors (Lipinski definition) is 3. The highest BCUT2D eigenvalue weighted by Crippen LogP contribution is 2.25. The number of aryl methyl sites for hydroxylation is 2. The average Bonchev–Trinajstić information content (AvgIpc) is 2.43. The van der Waals surface area contributed by atoms with Crippen molar-refractivity contribution in [3.05, 3.63) is 28.3 Å². The van der Waals surface area contributed by atoms with Gasteiger partial charge in [0, 0.05) is 11.6 Å². The normalized spacial score (nSPS) is 18.0. The number of likely N-dealkylation sites (tertiary alicyclic amines) is 1. The third-order valence-electron chi connectivity index (χ3n) is 3.77. The fourth-order valence-corrected chi connectivity index (χ4v) is 2.78.